The van der Waals surface area contributed by atoms with E-state index in [-0.39, 0.29) is 22.2 Å². The summed E-state index contributed by atoms with van der Waals surface area (Å²) in [5, 5.41) is 0. The van der Waals surface area contributed by atoms with Crippen LogP contribution in [0.2, 0.25) is 0 Å². The van der Waals surface area contributed by atoms with E-state index in [0.29, 0.717) is 0 Å². The fraction of sp³-hybridized carbons (Fsp3) is 0.615. The van der Waals surface area contributed by atoms with E-state index >= 15 is 0 Å². The molecule has 0 saturated heterocycles. The molecule has 0 fully saturated rings. The summed E-state index contributed by atoms with van der Waals surface area (Å²) in [5.74, 6) is 0. The summed E-state index contributed by atoms with van der Waals surface area (Å²) < 4.78 is 0. The molecule has 1 aromatic carbocycles. The summed E-state index contributed by atoms with van der Waals surface area (Å²) in [5.41, 5.74) is 15.6. The highest BCUT2D eigenvalue weighted by molar-refractivity contribution is 5.74. The van der Waals surface area contributed by atoms with Gasteiger partial charge in [0, 0.05) is 0 Å². The number of likely N-dealkylation sites (N-methyl/N-ethyl adjacent to an activating group) is 2. The molecule has 2 nitrogen and oxygen atoms in total. The number of rotatable bonds is 0. The van der Waals surface area contributed by atoms with Crippen molar-refractivity contribution in [3.8, 4) is 0 Å². The highest BCUT2D eigenvalue weighted by atomic mass is 15.3. The van der Waals surface area contributed by atoms with Gasteiger partial charge in [0.15, 0.2) is 0 Å². The first-order valence-corrected chi connectivity index (χ1v) is 10.8. The van der Waals surface area contributed by atoms with Crippen molar-refractivity contribution in [2.75, 3.05) is 14.1 Å². The fourth-order valence-electron chi connectivity index (χ4n) is 8.22. The van der Waals surface area contributed by atoms with E-state index in [9.17, 15) is 0 Å². The van der Waals surface area contributed by atoms with Crippen molar-refractivity contribution in [3.05, 3.63) is 55.7 Å². The van der Waals surface area contributed by atoms with E-state index in [2.05, 4.69) is 93.1 Å². The first kappa shape index (κ1) is 18.6. The third kappa shape index (κ3) is 1.30. The molecular formula is C26H36N2. The minimum absolute atomic E-state index is 0.00235. The lowest BCUT2D eigenvalue weighted by atomic mass is 9.64. The van der Waals surface area contributed by atoms with Crippen molar-refractivity contribution in [2.45, 2.75) is 91.4 Å². The lowest BCUT2D eigenvalue weighted by Gasteiger charge is -2.38. The van der Waals surface area contributed by atoms with Gasteiger partial charge in [-0.15, -0.1) is 0 Å². The van der Waals surface area contributed by atoms with Crippen LogP contribution in [-0.4, -0.2) is 23.9 Å². The molecule has 2 heteroatoms. The van der Waals surface area contributed by atoms with Crippen molar-refractivity contribution >= 4 is 0 Å². The molecule has 4 atom stereocenters. The summed E-state index contributed by atoms with van der Waals surface area (Å²) in [6, 6.07) is 0. The molecule has 1 aromatic rings. The van der Waals surface area contributed by atoms with Gasteiger partial charge < -0.3 is 0 Å². The highest BCUT2D eigenvalue weighted by Gasteiger charge is 2.66. The number of benzene rings is 1. The second-order valence-corrected chi connectivity index (χ2v) is 10.7. The van der Waals surface area contributed by atoms with Crippen LogP contribution in [-0.2, 0) is 22.2 Å². The molecule has 0 unspecified atom stereocenters. The summed E-state index contributed by atoms with van der Waals surface area (Å²) >= 11 is 0. The molecule has 4 aliphatic heterocycles. The number of hydrogen-bond donors (Lipinski definition) is 0. The molecular weight excluding hydrogens is 340 g/mol. The van der Waals surface area contributed by atoms with Crippen molar-refractivity contribution in [1.29, 1.82) is 0 Å². The van der Waals surface area contributed by atoms with Gasteiger partial charge in [-0.25, -0.2) is 0 Å². The Kier molecular flexibility index (Phi) is 3.01. The Balaban J connectivity index is 1.99. The standard InChI is InChI=1S/C26H36N2/c1-13-19-21(25(9)17(5)15(3)23(19,7)27(25)11)14(2)22-20(13)24(8)16(4)18(6)26(22,10)28(24)12/h1-12H3/t23-,24+,25+,26-. The Morgan fingerprint density at radius 1 is 0.429 bits per heavy atom. The summed E-state index contributed by atoms with van der Waals surface area (Å²) in [6.45, 7) is 24.1. The Morgan fingerprint density at radius 2 is 0.607 bits per heavy atom. The van der Waals surface area contributed by atoms with Gasteiger partial charge in [0.25, 0.3) is 0 Å². The van der Waals surface area contributed by atoms with Crippen molar-refractivity contribution in [1.82, 2.24) is 9.80 Å². The quantitative estimate of drug-likeness (QED) is 0.532. The second-order valence-electron chi connectivity index (χ2n) is 10.7. The third-order valence-corrected chi connectivity index (χ3v) is 10.7. The first-order chi connectivity index (χ1) is 12.7. The fourth-order valence-corrected chi connectivity index (χ4v) is 8.22. The van der Waals surface area contributed by atoms with Gasteiger partial charge in [0.1, 0.15) is 0 Å². The number of hydrogen-bond acceptors (Lipinski definition) is 2. The van der Waals surface area contributed by atoms with Gasteiger partial charge in [0.05, 0.1) is 22.2 Å². The predicted octanol–water partition coefficient (Wildman–Crippen LogP) is 5.76. The van der Waals surface area contributed by atoms with Crippen LogP contribution >= 0.6 is 0 Å². The van der Waals surface area contributed by atoms with E-state index in [1.807, 2.05) is 0 Å². The molecule has 0 radical (unpaired) electrons. The second kappa shape index (κ2) is 4.52. The normalized spacial score (nSPS) is 41.6. The van der Waals surface area contributed by atoms with Crippen LogP contribution < -0.4 is 0 Å². The topological polar surface area (TPSA) is 6.48 Å². The summed E-state index contributed by atoms with van der Waals surface area (Å²) in [7, 11) is 4.67. The lowest BCUT2D eigenvalue weighted by molar-refractivity contribution is 0.123. The molecule has 4 aliphatic rings. The first-order valence-electron chi connectivity index (χ1n) is 10.8. The molecule has 0 aliphatic carbocycles. The third-order valence-electron chi connectivity index (χ3n) is 10.7. The Morgan fingerprint density at radius 3 is 0.786 bits per heavy atom. The van der Waals surface area contributed by atoms with Gasteiger partial charge in [-0.2, -0.15) is 0 Å². The Hall–Kier alpha value is -1.38. The molecule has 4 bridgehead atoms. The van der Waals surface area contributed by atoms with Gasteiger partial charge in [-0.05, 0) is 139 Å². The molecule has 150 valence electrons. The van der Waals surface area contributed by atoms with Gasteiger partial charge in [-0.1, -0.05) is 0 Å². The van der Waals surface area contributed by atoms with Crippen LogP contribution in [0.5, 0.6) is 0 Å². The zero-order valence-corrected chi connectivity index (χ0v) is 19.9. The highest BCUT2D eigenvalue weighted by Crippen LogP contribution is 2.69. The molecule has 0 saturated carbocycles. The van der Waals surface area contributed by atoms with Crippen LogP contribution in [0, 0.1) is 13.8 Å². The Labute approximate surface area is 171 Å². The lowest BCUT2D eigenvalue weighted by Crippen LogP contribution is -2.41. The SMILES string of the molecule is CC1=C(C)[C@]2(C)c3c(C)c4c(c(C)c3[C@@]1(C)N2C)[C@@]1(C)C(C)=C(C)[C@]4(C)N1C. The maximum atomic E-state index is 2.65. The molecule has 4 heterocycles. The monoisotopic (exact) mass is 376 g/mol. The molecule has 0 aromatic heterocycles. The van der Waals surface area contributed by atoms with E-state index in [0.717, 1.165) is 0 Å². The van der Waals surface area contributed by atoms with Crippen LogP contribution in [0.3, 0.4) is 0 Å². The smallest absolute Gasteiger partial charge is 0.0660 e. The zero-order chi connectivity index (χ0) is 20.9. The maximum absolute atomic E-state index is 2.65. The van der Waals surface area contributed by atoms with Crippen LogP contribution in [0.15, 0.2) is 22.3 Å². The van der Waals surface area contributed by atoms with Crippen LogP contribution in [0.1, 0.15) is 88.8 Å². The average Bonchev–Trinajstić information content (AvgIpc) is 3.06. The van der Waals surface area contributed by atoms with E-state index in [1.165, 1.54) is 11.1 Å². The van der Waals surface area contributed by atoms with Gasteiger partial charge >= 0.3 is 0 Å². The molecule has 0 spiro atoms. The van der Waals surface area contributed by atoms with Crippen molar-refractivity contribution < 1.29 is 0 Å². The average molecular weight is 377 g/mol. The van der Waals surface area contributed by atoms with E-state index in [1.54, 1.807) is 44.5 Å². The zero-order valence-electron chi connectivity index (χ0n) is 19.9. The van der Waals surface area contributed by atoms with Gasteiger partial charge in [-0.3, -0.25) is 9.80 Å². The molecule has 0 amide bonds. The van der Waals surface area contributed by atoms with Crippen molar-refractivity contribution in [2.24, 2.45) is 0 Å². The largest absolute Gasteiger partial charge is 0.280 e. The number of fused-ring (bicyclic) bond motifs is 10. The van der Waals surface area contributed by atoms with Crippen LogP contribution in [0.25, 0.3) is 0 Å². The summed E-state index contributed by atoms with van der Waals surface area (Å²) in [4.78, 5) is 5.29. The van der Waals surface area contributed by atoms with Gasteiger partial charge in [0.2, 0.25) is 0 Å². The maximum Gasteiger partial charge on any atom is 0.0660 e. The summed E-state index contributed by atoms with van der Waals surface area (Å²) in [6.07, 6.45) is 0. The Bertz CT molecular complexity index is 910. The molecule has 5 rings (SSSR count). The van der Waals surface area contributed by atoms with E-state index < -0.39 is 0 Å². The minimum atomic E-state index is 0.00235. The molecule has 28 heavy (non-hydrogen) atoms. The van der Waals surface area contributed by atoms with Crippen molar-refractivity contribution in [3.63, 3.8) is 0 Å². The number of nitrogens with zero attached hydrogens (tertiary/aromatic N) is 2. The minimum Gasteiger partial charge on any atom is -0.280 e. The predicted molar refractivity (Wildman–Crippen MR) is 118 cm³/mol. The van der Waals surface area contributed by atoms with Crippen LogP contribution in [0.4, 0.5) is 0 Å². The van der Waals surface area contributed by atoms with E-state index in [4.69, 9.17) is 0 Å². The molecule has 0 N–H and O–H groups in total.